The van der Waals surface area contributed by atoms with Crippen LogP contribution in [0.2, 0.25) is 0 Å². The Morgan fingerprint density at radius 1 is 1.62 bits per heavy atom. The van der Waals surface area contributed by atoms with Crippen LogP contribution in [0.5, 0.6) is 5.75 Å². The van der Waals surface area contributed by atoms with Gasteiger partial charge in [-0.1, -0.05) is 12.1 Å². The molecule has 1 atom stereocenters. The number of para-hydroxylation sites is 1. The highest BCUT2D eigenvalue weighted by Crippen LogP contribution is 2.31. The number of nitriles is 1. The second kappa shape index (κ2) is 5.12. The third-order valence-electron chi connectivity index (χ3n) is 2.09. The van der Waals surface area contributed by atoms with Gasteiger partial charge < -0.3 is 4.74 Å². The Balaban J connectivity index is 3.00. The van der Waals surface area contributed by atoms with E-state index in [2.05, 4.69) is 0 Å². The zero-order valence-corrected chi connectivity index (χ0v) is 9.14. The van der Waals surface area contributed by atoms with Crippen molar-refractivity contribution in [3.05, 3.63) is 33.9 Å². The first kappa shape index (κ1) is 12.0. The molecule has 0 bridgehead atoms. The molecule has 1 rings (SSSR count). The van der Waals surface area contributed by atoms with E-state index < -0.39 is 4.92 Å². The van der Waals surface area contributed by atoms with E-state index in [9.17, 15) is 10.1 Å². The van der Waals surface area contributed by atoms with Crippen LogP contribution >= 0.6 is 0 Å². The minimum absolute atomic E-state index is 0.0349. The standard InChI is InChI=1S/C11H12N2O3/c1-8-4-3-5-10(11(8)13(14)15)16-9(2)6-7-12/h3-5,9H,6H2,1-2H3. The molecule has 0 saturated carbocycles. The van der Waals surface area contributed by atoms with Gasteiger partial charge in [-0.15, -0.1) is 0 Å². The van der Waals surface area contributed by atoms with Gasteiger partial charge in [0.05, 0.1) is 17.4 Å². The van der Waals surface area contributed by atoms with Crippen LogP contribution in [0.15, 0.2) is 18.2 Å². The van der Waals surface area contributed by atoms with Crippen molar-refractivity contribution >= 4 is 5.69 Å². The summed E-state index contributed by atoms with van der Waals surface area (Å²) in [4.78, 5) is 10.4. The van der Waals surface area contributed by atoms with E-state index in [1.54, 1.807) is 32.0 Å². The molecule has 0 spiro atoms. The number of nitro benzene ring substituents is 1. The molecule has 0 saturated heterocycles. The minimum atomic E-state index is -0.468. The third-order valence-corrected chi connectivity index (χ3v) is 2.09. The lowest BCUT2D eigenvalue weighted by molar-refractivity contribution is -0.386. The summed E-state index contributed by atoms with van der Waals surface area (Å²) < 4.78 is 5.36. The summed E-state index contributed by atoms with van der Waals surface area (Å²) in [5.41, 5.74) is 0.513. The number of aryl methyl sites for hydroxylation is 1. The fourth-order valence-electron chi connectivity index (χ4n) is 1.35. The number of benzene rings is 1. The second-order valence-electron chi connectivity index (χ2n) is 3.47. The van der Waals surface area contributed by atoms with Crippen molar-refractivity contribution in [2.24, 2.45) is 0 Å². The summed E-state index contributed by atoms with van der Waals surface area (Å²) in [5, 5.41) is 19.3. The highest BCUT2D eigenvalue weighted by molar-refractivity contribution is 5.52. The first-order valence-corrected chi connectivity index (χ1v) is 4.84. The van der Waals surface area contributed by atoms with Crippen molar-refractivity contribution in [2.45, 2.75) is 26.4 Å². The molecule has 0 aliphatic carbocycles. The Bertz CT molecular complexity index is 437. The highest BCUT2D eigenvalue weighted by Gasteiger charge is 2.19. The van der Waals surface area contributed by atoms with Gasteiger partial charge >= 0.3 is 5.69 Å². The Morgan fingerprint density at radius 2 is 2.31 bits per heavy atom. The van der Waals surface area contributed by atoms with Crippen molar-refractivity contribution in [2.75, 3.05) is 0 Å². The third kappa shape index (κ3) is 2.70. The van der Waals surface area contributed by atoms with Crippen molar-refractivity contribution in [1.29, 1.82) is 5.26 Å². The van der Waals surface area contributed by atoms with Crippen LogP contribution in [-0.2, 0) is 0 Å². The first-order valence-electron chi connectivity index (χ1n) is 4.84. The summed E-state index contributed by atoms with van der Waals surface area (Å²) >= 11 is 0. The Morgan fingerprint density at radius 3 is 2.88 bits per heavy atom. The molecular weight excluding hydrogens is 208 g/mol. The van der Waals surface area contributed by atoms with Crippen LogP contribution in [-0.4, -0.2) is 11.0 Å². The maximum atomic E-state index is 10.8. The maximum Gasteiger partial charge on any atom is 0.313 e. The van der Waals surface area contributed by atoms with Crippen LogP contribution in [0.4, 0.5) is 5.69 Å². The summed E-state index contributed by atoms with van der Waals surface area (Å²) in [7, 11) is 0. The monoisotopic (exact) mass is 220 g/mol. The predicted octanol–water partition coefficient (Wildman–Crippen LogP) is 2.58. The predicted molar refractivity (Wildman–Crippen MR) is 58.2 cm³/mol. The van der Waals surface area contributed by atoms with Crippen LogP contribution < -0.4 is 4.74 Å². The summed E-state index contributed by atoms with van der Waals surface area (Å²) in [5.74, 6) is 0.216. The Labute approximate surface area is 93.4 Å². The molecule has 1 aromatic rings. The van der Waals surface area contributed by atoms with Gasteiger partial charge in [-0.25, -0.2) is 0 Å². The first-order chi connectivity index (χ1) is 7.56. The lowest BCUT2D eigenvalue weighted by Crippen LogP contribution is -2.12. The number of nitro groups is 1. The van der Waals surface area contributed by atoms with Crippen molar-refractivity contribution in [1.82, 2.24) is 0 Å². The van der Waals surface area contributed by atoms with E-state index in [0.717, 1.165) is 0 Å². The van der Waals surface area contributed by atoms with Crippen LogP contribution in [0.1, 0.15) is 18.9 Å². The van der Waals surface area contributed by atoms with E-state index in [-0.39, 0.29) is 24.0 Å². The van der Waals surface area contributed by atoms with Crippen LogP contribution in [0.25, 0.3) is 0 Å². The van der Waals surface area contributed by atoms with Gasteiger partial charge in [-0.05, 0) is 19.9 Å². The molecule has 0 aliphatic rings. The molecule has 0 radical (unpaired) electrons. The molecule has 0 heterocycles. The van der Waals surface area contributed by atoms with Crippen LogP contribution in [0.3, 0.4) is 0 Å². The Kier molecular flexibility index (Phi) is 3.84. The number of nitrogens with zero attached hydrogens (tertiary/aromatic N) is 2. The van der Waals surface area contributed by atoms with Gasteiger partial charge in [-0.2, -0.15) is 5.26 Å². The van der Waals surface area contributed by atoms with E-state index >= 15 is 0 Å². The SMILES string of the molecule is Cc1cccc(OC(C)CC#N)c1[N+](=O)[O-]. The van der Waals surface area contributed by atoms with Gasteiger partial charge in [-0.3, -0.25) is 10.1 Å². The second-order valence-corrected chi connectivity index (χ2v) is 3.47. The van der Waals surface area contributed by atoms with Gasteiger partial charge in [0.15, 0.2) is 5.75 Å². The molecular formula is C11H12N2O3. The lowest BCUT2D eigenvalue weighted by atomic mass is 10.2. The molecule has 84 valence electrons. The molecule has 5 nitrogen and oxygen atoms in total. The Hall–Kier alpha value is -2.09. The maximum absolute atomic E-state index is 10.8. The molecule has 0 aromatic heterocycles. The molecule has 0 amide bonds. The molecule has 0 aliphatic heterocycles. The summed E-state index contributed by atoms with van der Waals surface area (Å²) in [6, 6.07) is 6.84. The average Bonchev–Trinajstić information content (AvgIpc) is 2.17. The zero-order chi connectivity index (χ0) is 12.1. The van der Waals surface area contributed by atoms with Crippen molar-refractivity contribution < 1.29 is 9.66 Å². The largest absolute Gasteiger partial charge is 0.483 e. The zero-order valence-electron chi connectivity index (χ0n) is 9.14. The van der Waals surface area contributed by atoms with Gasteiger partial charge in [0.1, 0.15) is 6.10 Å². The highest BCUT2D eigenvalue weighted by atomic mass is 16.6. The molecule has 1 aromatic carbocycles. The number of hydrogen-bond donors (Lipinski definition) is 0. The van der Waals surface area contributed by atoms with E-state index in [1.807, 2.05) is 6.07 Å². The molecule has 1 unspecified atom stereocenters. The molecule has 5 heteroatoms. The molecule has 16 heavy (non-hydrogen) atoms. The fourth-order valence-corrected chi connectivity index (χ4v) is 1.35. The van der Waals surface area contributed by atoms with Crippen LogP contribution in [0, 0.1) is 28.4 Å². The summed E-state index contributed by atoms with van der Waals surface area (Å²) in [6.45, 7) is 3.36. The normalized spacial score (nSPS) is 11.6. The number of ether oxygens (including phenoxy) is 1. The van der Waals surface area contributed by atoms with Crippen molar-refractivity contribution in [3.63, 3.8) is 0 Å². The summed E-state index contributed by atoms with van der Waals surface area (Å²) in [6.07, 6.45) is -0.157. The van der Waals surface area contributed by atoms with Gasteiger partial charge in [0, 0.05) is 5.56 Å². The van der Waals surface area contributed by atoms with Gasteiger partial charge in [0.2, 0.25) is 0 Å². The number of hydrogen-bond acceptors (Lipinski definition) is 4. The van der Waals surface area contributed by atoms with E-state index in [0.29, 0.717) is 5.56 Å². The van der Waals surface area contributed by atoms with E-state index in [1.165, 1.54) is 0 Å². The number of rotatable bonds is 4. The average molecular weight is 220 g/mol. The van der Waals surface area contributed by atoms with Crippen molar-refractivity contribution in [3.8, 4) is 11.8 Å². The topological polar surface area (TPSA) is 76.2 Å². The van der Waals surface area contributed by atoms with E-state index in [4.69, 9.17) is 10.00 Å². The van der Waals surface area contributed by atoms with Gasteiger partial charge in [0.25, 0.3) is 0 Å². The fraction of sp³-hybridized carbons (Fsp3) is 0.364. The quantitative estimate of drug-likeness (QED) is 0.577. The minimum Gasteiger partial charge on any atom is -0.483 e. The smallest absolute Gasteiger partial charge is 0.313 e. The molecule has 0 N–H and O–H groups in total. The lowest BCUT2D eigenvalue weighted by Gasteiger charge is -2.12. The molecule has 0 fully saturated rings.